The van der Waals surface area contributed by atoms with Gasteiger partial charge in [0.15, 0.2) is 0 Å². The Bertz CT molecular complexity index is 385. The van der Waals surface area contributed by atoms with Gasteiger partial charge in [0.2, 0.25) is 11.8 Å². The summed E-state index contributed by atoms with van der Waals surface area (Å²) in [5.74, 6) is 0.550. The molecular weight excluding hydrogens is 246 g/mol. The summed E-state index contributed by atoms with van der Waals surface area (Å²) in [6.07, 6.45) is 2.49. The normalized spacial score (nSPS) is 10.2. The molecule has 1 rings (SSSR count). The molecule has 0 aromatic carbocycles. The minimum absolute atomic E-state index is 0.0287. The summed E-state index contributed by atoms with van der Waals surface area (Å²) in [4.78, 5) is 15.6. The lowest BCUT2D eigenvalue weighted by Crippen LogP contribution is -2.34. The Balaban J connectivity index is 2.20. The lowest BCUT2D eigenvalue weighted by molar-refractivity contribution is -0.120. The highest BCUT2D eigenvalue weighted by Crippen LogP contribution is 2.12. The van der Waals surface area contributed by atoms with Gasteiger partial charge in [0.25, 0.3) is 0 Å². The number of rotatable bonds is 9. The average Bonchev–Trinajstić information content (AvgIpc) is 2.44. The van der Waals surface area contributed by atoms with Gasteiger partial charge < -0.3 is 20.1 Å². The fourth-order valence-electron chi connectivity index (χ4n) is 1.56. The molecule has 0 aliphatic carbocycles. The van der Waals surface area contributed by atoms with Crippen LogP contribution in [-0.4, -0.2) is 44.8 Å². The number of carbonyl (C=O) groups excluding carboxylic acids is 1. The van der Waals surface area contributed by atoms with Gasteiger partial charge in [-0.25, -0.2) is 4.98 Å². The van der Waals surface area contributed by atoms with Crippen LogP contribution in [0, 0.1) is 0 Å². The fraction of sp³-hybridized carbons (Fsp3) is 0.538. The summed E-state index contributed by atoms with van der Waals surface area (Å²) >= 11 is 0. The highest BCUT2D eigenvalue weighted by Gasteiger charge is 2.04. The summed E-state index contributed by atoms with van der Waals surface area (Å²) in [6.45, 7) is 2.10. The van der Waals surface area contributed by atoms with Crippen LogP contribution in [0.5, 0.6) is 5.88 Å². The Labute approximate surface area is 113 Å². The van der Waals surface area contributed by atoms with E-state index in [1.165, 1.54) is 0 Å². The second-order valence-corrected chi connectivity index (χ2v) is 3.97. The number of pyridine rings is 1. The van der Waals surface area contributed by atoms with Crippen molar-refractivity contribution in [1.29, 1.82) is 0 Å². The van der Waals surface area contributed by atoms with Gasteiger partial charge in [0.05, 0.1) is 13.7 Å². The van der Waals surface area contributed by atoms with Crippen LogP contribution in [0.3, 0.4) is 0 Å². The fourth-order valence-corrected chi connectivity index (χ4v) is 1.56. The number of carbonyl (C=O) groups is 1. The molecule has 1 heterocycles. The molecule has 0 spiro atoms. The third-order valence-electron chi connectivity index (χ3n) is 2.49. The van der Waals surface area contributed by atoms with Gasteiger partial charge >= 0.3 is 0 Å². The van der Waals surface area contributed by atoms with Crippen LogP contribution in [0.25, 0.3) is 0 Å². The molecule has 0 bridgehead atoms. The molecule has 1 amide bonds. The van der Waals surface area contributed by atoms with E-state index in [1.807, 2.05) is 12.1 Å². The van der Waals surface area contributed by atoms with Gasteiger partial charge in [-0.3, -0.25) is 4.79 Å². The van der Waals surface area contributed by atoms with Crippen LogP contribution in [0.1, 0.15) is 12.0 Å². The molecular formula is C13H21N3O3. The maximum absolute atomic E-state index is 11.5. The van der Waals surface area contributed by atoms with Crippen molar-refractivity contribution < 1.29 is 14.3 Å². The molecule has 1 aromatic heterocycles. The maximum Gasteiger partial charge on any atom is 0.233 e. The first-order chi connectivity index (χ1) is 9.27. The Morgan fingerprint density at radius 2 is 2.26 bits per heavy atom. The number of hydrogen-bond donors (Lipinski definition) is 2. The van der Waals surface area contributed by atoms with E-state index in [1.54, 1.807) is 20.4 Å². The first kappa shape index (κ1) is 15.4. The van der Waals surface area contributed by atoms with Crippen LogP contribution in [0.15, 0.2) is 18.3 Å². The second-order valence-electron chi connectivity index (χ2n) is 3.97. The lowest BCUT2D eigenvalue weighted by Gasteiger charge is -2.08. The Kier molecular flexibility index (Phi) is 7.53. The molecule has 1 aromatic rings. The predicted octanol–water partition coefficient (Wildman–Crippen LogP) is 0.333. The van der Waals surface area contributed by atoms with Crippen molar-refractivity contribution in [2.24, 2.45) is 0 Å². The monoisotopic (exact) mass is 267 g/mol. The molecule has 0 aliphatic heterocycles. The van der Waals surface area contributed by atoms with E-state index in [9.17, 15) is 4.79 Å². The zero-order valence-electron chi connectivity index (χ0n) is 11.4. The average molecular weight is 267 g/mol. The zero-order valence-corrected chi connectivity index (χ0v) is 11.4. The summed E-state index contributed by atoms with van der Waals surface area (Å²) in [5.41, 5.74) is 0.928. The standard InChI is InChI=1S/C13H21N3O3/c1-18-8-4-7-15-12(17)10-14-9-11-5-3-6-16-13(11)19-2/h3,5-6,14H,4,7-10H2,1-2H3,(H,15,17). The van der Waals surface area contributed by atoms with Gasteiger partial charge in [-0.15, -0.1) is 0 Å². The van der Waals surface area contributed by atoms with E-state index < -0.39 is 0 Å². The van der Waals surface area contributed by atoms with Crippen LogP contribution in [0.2, 0.25) is 0 Å². The van der Waals surface area contributed by atoms with Gasteiger partial charge in [-0.05, 0) is 12.5 Å². The van der Waals surface area contributed by atoms with Crippen LogP contribution >= 0.6 is 0 Å². The van der Waals surface area contributed by atoms with Crippen LogP contribution in [0.4, 0.5) is 0 Å². The van der Waals surface area contributed by atoms with Gasteiger partial charge in [-0.1, -0.05) is 6.07 Å². The summed E-state index contributed by atoms with van der Waals surface area (Å²) in [7, 11) is 3.22. The molecule has 0 saturated carbocycles. The molecule has 0 atom stereocenters. The van der Waals surface area contributed by atoms with E-state index in [2.05, 4.69) is 15.6 Å². The van der Waals surface area contributed by atoms with E-state index in [-0.39, 0.29) is 12.5 Å². The molecule has 0 unspecified atom stereocenters. The first-order valence-electron chi connectivity index (χ1n) is 6.22. The molecule has 0 radical (unpaired) electrons. The molecule has 6 heteroatoms. The number of nitrogens with one attached hydrogen (secondary N) is 2. The Morgan fingerprint density at radius 1 is 1.42 bits per heavy atom. The van der Waals surface area contributed by atoms with Crippen molar-refractivity contribution in [1.82, 2.24) is 15.6 Å². The van der Waals surface area contributed by atoms with Crippen molar-refractivity contribution in [2.45, 2.75) is 13.0 Å². The van der Waals surface area contributed by atoms with Crippen molar-refractivity contribution in [3.05, 3.63) is 23.9 Å². The van der Waals surface area contributed by atoms with E-state index >= 15 is 0 Å². The third-order valence-corrected chi connectivity index (χ3v) is 2.49. The molecule has 0 saturated heterocycles. The molecule has 2 N–H and O–H groups in total. The van der Waals surface area contributed by atoms with Crippen LogP contribution in [-0.2, 0) is 16.1 Å². The number of ether oxygens (including phenoxy) is 2. The summed E-state index contributed by atoms with van der Waals surface area (Å²) < 4.78 is 10.0. The largest absolute Gasteiger partial charge is 0.481 e. The molecule has 0 fully saturated rings. The topological polar surface area (TPSA) is 72.5 Å². The zero-order chi connectivity index (χ0) is 13.9. The number of amides is 1. The lowest BCUT2D eigenvalue weighted by atomic mass is 10.2. The predicted molar refractivity (Wildman–Crippen MR) is 72.0 cm³/mol. The van der Waals surface area contributed by atoms with Crippen molar-refractivity contribution >= 4 is 5.91 Å². The summed E-state index contributed by atoms with van der Waals surface area (Å²) in [6, 6.07) is 3.75. The highest BCUT2D eigenvalue weighted by atomic mass is 16.5. The van der Waals surface area contributed by atoms with Gasteiger partial charge in [0, 0.05) is 38.6 Å². The van der Waals surface area contributed by atoms with Crippen molar-refractivity contribution in [3.8, 4) is 5.88 Å². The Morgan fingerprint density at radius 3 is 3.00 bits per heavy atom. The third kappa shape index (κ3) is 6.17. The second kappa shape index (κ2) is 9.29. The minimum Gasteiger partial charge on any atom is -0.481 e. The number of methoxy groups -OCH3 is 2. The first-order valence-corrected chi connectivity index (χ1v) is 6.22. The van der Waals surface area contributed by atoms with Gasteiger partial charge in [0.1, 0.15) is 0 Å². The van der Waals surface area contributed by atoms with Crippen molar-refractivity contribution in [3.63, 3.8) is 0 Å². The highest BCUT2D eigenvalue weighted by molar-refractivity contribution is 5.77. The molecule has 106 valence electrons. The number of nitrogens with zero attached hydrogens (tertiary/aromatic N) is 1. The number of aromatic nitrogens is 1. The Hall–Kier alpha value is -1.66. The molecule has 19 heavy (non-hydrogen) atoms. The van der Waals surface area contributed by atoms with Gasteiger partial charge in [-0.2, -0.15) is 0 Å². The maximum atomic E-state index is 11.5. The van der Waals surface area contributed by atoms with Crippen LogP contribution < -0.4 is 15.4 Å². The smallest absolute Gasteiger partial charge is 0.233 e. The van der Waals surface area contributed by atoms with E-state index in [4.69, 9.17) is 9.47 Å². The molecule has 0 aliphatic rings. The van der Waals surface area contributed by atoms with E-state index in [0.29, 0.717) is 25.6 Å². The molecule has 6 nitrogen and oxygen atoms in total. The quantitative estimate of drug-likeness (QED) is 0.631. The summed E-state index contributed by atoms with van der Waals surface area (Å²) in [5, 5.41) is 5.86. The van der Waals surface area contributed by atoms with E-state index in [0.717, 1.165) is 12.0 Å². The number of hydrogen-bond acceptors (Lipinski definition) is 5. The SMILES string of the molecule is COCCCNC(=O)CNCc1cccnc1OC. The minimum atomic E-state index is -0.0287. The van der Waals surface area contributed by atoms with Crippen molar-refractivity contribution in [2.75, 3.05) is 33.9 Å².